The van der Waals surface area contributed by atoms with Gasteiger partial charge in [0.25, 0.3) is 0 Å². The zero-order valence-corrected chi connectivity index (χ0v) is 7.32. The first-order valence-corrected chi connectivity index (χ1v) is 4.74. The molecule has 0 spiro atoms. The Labute approximate surface area is 71.1 Å². The van der Waals surface area contributed by atoms with E-state index in [-0.39, 0.29) is 0 Å². The average molecular weight is 160 g/mol. The van der Waals surface area contributed by atoms with E-state index in [0.29, 0.717) is 0 Å². The molecular formula is C9H9BS. The minimum atomic E-state index is 1.13. The van der Waals surface area contributed by atoms with E-state index in [4.69, 9.17) is 0 Å². The Bertz CT molecular complexity index is 364. The van der Waals surface area contributed by atoms with Crippen LogP contribution >= 0.6 is 11.3 Å². The average Bonchev–Trinajstić information content (AvgIpc) is 2.50. The lowest BCUT2D eigenvalue weighted by Gasteiger charge is -1.93. The van der Waals surface area contributed by atoms with E-state index in [1.54, 1.807) is 11.3 Å². The zero-order chi connectivity index (χ0) is 7.68. The molecule has 0 unspecified atom stereocenters. The Morgan fingerprint density at radius 2 is 2.18 bits per heavy atom. The third-order valence-electron chi connectivity index (χ3n) is 1.93. The molecular weight excluding hydrogens is 151 g/mol. The zero-order valence-electron chi connectivity index (χ0n) is 6.50. The van der Waals surface area contributed by atoms with Crippen molar-refractivity contribution in [3.63, 3.8) is 0 Å². The molecule has 0 aliphatic heterocycles. The summed E-state index contributed by atoms with van der Waals surface area (Å²) in [5.41, 5.74) is 1.43. The maximum Gasteiger partial charge on any atom is 0.154 e. The van der Waals surface area contributed by atoms with Gasteiger partial charge < -0.3 is 0 Å². The number of fused-ring (bicyclic) bond motifs is 1. The molecule has 1 heterocycles. The lowest BCUT2D eigenvalue weighted by atomic mass is 9.73. The van der Waals surface area contributed by atoms with E-state index in [9.17, 15) is 0 Å². The first-order valence-electron chi connectivity index (χ1n) is 3.86. The van der Waals surface area contributed by atoms with Crippen LogP contribution in [0.25, 0.3) is 10.1 Å². The van der Waals surface area contributed by atoms with E-state index in [1.807, 2.05) is 0 Å². The quantitative estimate of drug-likeness (QED) is 0.559. The van der Waals surface area contributed by atoms with E-state index in [1.165, 1.54) is 15.5 Å². The van der Waals surface area contributed by atoms with Crippen molar-refractivity contribution in [3.8, 4) is 0 Å². The molecule has 2 aromatic rings. The van der Waals surface area contributed by atoms with Crippen molar-refractivity contribution in [1.29, 1.82) is 0 Å². The number of rotatable bonds is 1. The van der Waals surface area contributed by atoms with Gasteiger partial charge in [0.1, 0.15) is 0 Å². The molecule has 11 heavy (non-hydrogen) atoms. The highest BCUT2D eigenvalue weighted by Crippen LogP contribution is 2.18. The molecule has 0 atom stereocenters. The fourth-order valence-electron chi connectivity index (χ4n) is 1.24. The summed E-state index contributed by atoms with van der Waals surface area (Å²) < 4.78 is 1.39. The van der Waals surface area contributed by atoms with Gasteiger partial charge in [-0.25, -0.2) is 0 Å². The van der Waals surface area contributed by atoms with Gasteiger partial charge in [-0.3, -0.25) is 0 Å². The fourth-order valence-corrected chi connectivity index (χ4v) is 2.01. The van der Waals surface area contributed by atoms with Crippen LogP contribution in [-0.2, 0) is 0 Å². The van der Waals surface area contributed by atoms with Crippen molar-refractivity contribution in [2.75, 3.05) is 0 Å². The fraction of sp³-hybridized carbons (Fsp3) is 0.111. The van der Waals surface area contributed by atoms with Crippen molar-refractivity contribution in [3.05, 3.63) is 29.6 Å². The second kappa shape index (κ2) is 2.70. The van der Waals surface area contributed by atoms with E-state index < -0.39 is 0 Å². The smallest absolute Gasteiger partial charge is 0.144 e. The molecule has 0 saturated carbocycles. The van der Waals surface area contributed by atoms with Gasteiger partial charge in [0.2, 0.25) is 0 Å². The number of hydrogen-bond acceptors (Lipinski definition) is 1. The molecule has 54 valence electrons. The molecule has 0 bridgehead atoms. The second-order valence-corrected chi connectivity index (χ2v) is 3.59. The molecule has 1 aromatic heterocycles. The van der Waals surface area contributed by atoms with E-state index >= 15 is 0 Å². The van der Waals surface area contributed by atoms with Crippen molar-refractivity contribution < 1.29 is 0 Å². The third kappa shape index (κ3) is 1.18. The van der Waals surface area contributed by atoms with Gasteiger partial charge in [-0.05, 0) is 22.9 Å². The van der Waals surface area contributed by atoms with Gasteiger partial charge >= 0.3 is 0 Å². The summed E-state index contributed by atoms with van der Waals surface area (Å²) in [6.07, 6.45) is 0. The molecule has 1 aromatic carbocycles. The summed E-state index contributed by atoms with van der Waals surface area (Å²) in [6.45, 7) is 2.19. The van der Waals surface area contributed by atoms with Crippen molar-refractivity contribution in [1.82, 2.24) is 0 Å². The monoisotopic (exact) mass is 160 g/mol. The van der Waals surface area contributed by atoms with Crippen LogP contribution in [0.1, 0.15) is 0 Å². The van der Waals surface area contributed by atoms with Gasteiger partial charge in [-0.15, -0.1) is 11.3 Å². The summed E-state index contributed by atoms with van der Waals surface area (Å²) >= 11 is 1.81. The maximum atomic E-state index is 2.27. The molecule has 0 fully saturated rings. The first-order chi connectivity index (χ1) is 5.40. The van der Waals surface area contributed by atoms with Crippen molar-refractivity contribution in [2.24, 2.45) is 0 Å². The van der Waals surface area contributed by atoms with Gasteiger partial charge in [-0.2, -0.15) is 0 Å². The molecule has 0 saturated heterocycles. The number of thiophene rings is 1. The Hall–Kier alpha value is -0.755. The Morgan fingerprint density at radius 1 is 1.27 bits per heavy atom. The Kier molecular flexibility index (Phi) is 1.70. The maximum absolute atomic E-state index is 2.27. The summed E-state index contributed by atoms with van der Waals surface area (Å²) in [4.78, 5) is 0. The molecule has 0 amide bonds. The lowest BCUT2D eigenvalue weighted by molar-refractivity contribution is 1.92. The van der Waals surface area contributed by atoms with Crippen LogP contribution in [0.4, 0.5) is 0 Å². The highest BCUT2D eigenvalue weighted by molar-refractivity contribution is 7.17. The van der Waals surface area contributed by atoms with Crippen LogP contribution < -0.4 is 5.46 Å². The highest BCUT2D eigenvalue weighted by atomic mass is 32.1. The standard InChI is InChI=1S/C9H9BS/c1-10-8-2-3-9-7(6-8)4-5-11-9/h2-6,10H,1H3. The summed E-state index contributed by atoms with van der Waals surface area (Å²) in [6, 6.07) is 8.86. The predicted molar refractivity (Wildman–Crippen MR) is 54.5 cm³/mol. The summed E-state index contributed by atoms with van der Waals surface area (Å²) in [7, 11) is 1.13. The second-order valence-electron chi connectivity index (χ2n) is 2.65. The van der Waals surface area contributed by atoms with Gasteiger partial charge in [0, 0.05) is 4.70 Å². The number of benzene rings is 1. The Morgan fingerprint density at radius 3 is 3.00 bits per heavy atom. The Balaban J connectivity index is 2.67. The lowest BCUT2D eigenvalue weighted by Crippen LogP contribution is -2.08. The van der Waals surface area contributed by atoms with Crippen LogP contribution in [0.3, 0.4) is 0 Å². The SMILES string of the molecule is CBc1ccc2sccc2c1. The molecule has 2 heteroatoms. The third-order valence-corrected chi connectivity index (χ3v) is 2.82. The van der Waals surface area contributed by atoms with Crippen molar-refractivity contribution in [2.45, 2.75) is 6.82 Å². The molecule has 0 radical (unpaired) electrons. The number of hydrogen-bond donors (Lipinski definition) is 0. The van der Waals surface area contributed by atoms with E-state index in [2.05, 4.69) is 36.5 Å². The highest BCUT2D eigenvalue weighted by Gasteiger charge is 1.94. The summed E-state index contributed by atoms with van der Waals surface area (Å²) in [5, 5.41) is 3.53. The van der Waals surface area contributed by atoms with Gasteiger partial charge in [0.15, 0.2) is 7.28 Å². The predicted octanol–water partition coefficient (Wildman–Crippen LogP) is 2.01. The molecule has 0 N–H and O–H groups in total. The van der Waals surface area contributed by atoms with Crippen LogP contribution in [0.5, 0.6) is 0 Å². The topological polar surface area (TPSA) is 0 Å². The van der Waals surface area contributed by atoms with Crippen LogP contribution in [0.2, 0.25) is 6.82 Å². The minimum Gasteiger partial charge on any atom is -0.144 e. The van der Waals surface area contributed by atoms with Crippen molar-refractivity contribution >= 4 is 34.2 Å². The largest absolute Gasteiger partial charge is 0.154 e. The normalized spacial score (nSPS) is 10.3. The molecule has 0 nitrogen and oxygen atoms in total. The summed E-state index contributed by atoms with van der Waals surface area (Å²) in [5.74, 6) is 0. The molecule has 0 aliphatic rings. The van der Waals surface area contributed by atoms with Crippen LogP contribution in [-0.4, -0.2) is 7.28 Å². The van der Waals surface area contributed by atoms with Crippen LogP contribution in [0.15, 0.2) is 29.6 Å². The van der Waals surface area contributed by atoms with Gasteiger partial charge in [-0.1, -0.05) is 24.4 Å². The minimum absolute atomic E-state index is 1.13. The molecule has 2 rings (SSSR count). The van der Waals surface area contributed by atoms with Gasteiger partial charge in [0.05, 0.1) is 0 Å². The first kappa shape index (κ1) is 6.92. The molecule has 0 aliphatic carbocycles. The van der Waals surface area contributed by atoms with E-state index in [0.717, 1.165) is 7.28 Å². The van der Waals surface area contributed by atoms with Crippen LogP contribution in [0, 0.1) is 0 Å².